The fourth-order valence-corrected chi connectivity index (χ4v) is 3.63. The standard InChI is InChI=1S/C16H30N4O2.HI/c1-12(2)20-14(21)9-19(11-16(20,3)4)15(17-5)18-8-13-6-7-22-10-13;/h12-13H,6-11H2,1-5H3,(H,17,18);1H. The van der Waals surface area contributed by atoms with Crippen molar-refractivity contribution in [2.24, 2.45) is 10.9 Å². The van der Waals surface area contributed by atoms with Crippen LogP contribution in [-0.2, 0) is 9.53 Å². The van der Waals surface area contributed by atoms with E-state index in [0.717, 1.165) is 38.7 Å². The van der Waals surface area contributed by atoms with Crippen molar-refractivity contribution in [3.63, 3.8) is 0 Å². The van der Waals surface area contributed by atoms with E-state index in [4.69, 9.17) is 4.74 Å². The van der Waals surface area contributed by atoms with Crippen LogP contribution in [0.2, 0.25) is 0 Å². The van der Waals surface area contributed by atoms with Gasteiger partial charge in [0.2, 0.25) is 5.91 Å². The minimum Gasteiger partial charge on any atom is -0.381 e. The van der Waals surface area contributed by atoms with Crippen LogP contribution >= 0.6 is 24.0 Å². The lowest BCUT2D eigenvalue weighted by Crippen LogP contribution is -2.66. The molecule has 2 aliphatic rings. The van der Waals surface area contributed by atoms with Gasteiger partial charge in [-0.3, -0.25) is 9.79 Å². The summed E-state index contributed by atoms with van der Waals surface area (Å²) in [7, 11) is 1.78. The van der Waals surface area contributed by atoms with Crippen molar-refractivity contribution in [2.45, 2.75) is 45.7 Å². The van der Waals surface area contributed by atoms with Crippen LogP contribution in [-0.4, -0.2) is 73.1 Å². The molecule has 1 amide bonds. The Kier molecular flexibility index (Phi) is 7.57. The quantitative estimate of drug-likeness (QED) is 0.413. The Labute approximate surface area is 157 Å². The van der Waals surface area contributed by atoms with Crippen LogP contribution in [0.3, 0.4) is 0 Å². The second-order valence-corrected chi connectivity index (χ2v) is 7.18. The number of hydrogen-bond donors (Lipinski definition) is 1. The number of piperazine rings is 1. The topological polar surface area (TPSA) is 57.2 Å². The fraction of sp³-hybridized carbons (Fsp3) is 0.875. The molecule has 2 saturated heterocycles. The third kappa shape index (κ3) is 4.95. The fourth-order valence-electron chi connectivity index (χ4n) is 3.63. The van der Waals surface area contributed by atoms with E-state index in [9.17, 15) is 4.79 Å². The van der Waals surface area contributed by atoms with Crippen molar-refractivity contribution in [3.8, 4) is 0 Å². The first-order valence-corrected chi connectivity index (χ1v) is 8.20. The number of nitrogens with one attached hydrogen (secondary N) is 1. The Balaban J connectivity index is 0.00000264. The van der Waals surface area contributed by atoms with Gasteiger partial charge in [0, 0.05) is 38.7 Å². The van der Waals surface area contributed by atoms with E-state index in [-0.39, 0.29) is 41.5 Å². The van der Waals surface area contributed by atoms with Gasteiger partial charge in [-0.2, -0.15) is 0 Å². The lowest BCUT2D eigenvalue weighted by atomic mass is 9.96. The van der Waals surface area contributed by atoms with Gasteiger partial charge in [-0.15, -0.1) is 24.0 Å². The van der Waals surface area contributed by atoms with Crippen molar-refractivity contribution in [2.75, 3.05) is 39.9 Å². The van der Waals surface area contributed by atoms with E-state index in [1.807, 2.05) is 4.90 Å². The summed E-state index contributed by atoms with van der Waals surface area (Å²) in [6, 6.07) is 0.218. The molecule has 23 heavy (non-hydrogen) atoms. The van der Waals surface area contributed by atoms with Gasteiger partial charge in [0.05, 0.1) is 18.7 Å². The summed E-state index contributed by atoms with van der Waals surface area (Å²) in [5.41, 5.74) is -0.197. The van der Waals surface area contributed by atoms with Gasteiger partial charge in [-0.1, -0.05) is 0 Å². The predicted molar refractivity (Wildman–Crippen MR) is 103 cm³/mol. The first kappa shape index (κ1) is 20.5. The monoisotopic (exact) mass is 438 g/mol. The van der Waals surface area contributed by atoms with Crippen molar-refractivity contribution >= 4 is 35.8 Å². The molecule has 2 fully saturated rings. The normalized spacial score (nSPS) is 24.9. The maximum Gasteiger partial charge on any atom is 0.242 e. The van der Waals surface area contributed by atoms with Gasteiger partial charge in [0.15, 0.2) is 5.96 Å². The number of carbonyl (C=O) groups is 1. The average molecular weight is 438 g/mol. The maximum atomic E-state index is 12.5. The molecule has 7 heteroatoms. The molecule has 2 heterocycles. The minimum absolute atomic E-state index is 0. The Morgan fingerprint density at radius 3 is 2.65 bits per heavy atom. The third-order valence-electron chi connectivity index (χ3n) is 4.43. The summed E-state index contributed by atoms with van der Waals surface area (Å²) in [5, 5.41) is 3.41. The molecule has 0 spiro atoms. The Morgan fingerprint density at radius 1 is 1.48 bits per heavy atom. The summed E-state index contributed by atoms with van der Waals surface area (Å²) in [5.74, 6) is 1.52. The first-order valence-electron chi connectivity index (χ1n) is 8.20. The van der Waals surface area contributed by atoms with Gasteiger partial charge in [0.25, 0.3) is 0 Å². The summed E-state index contributed by atoms with van der Waals surface area (Å²) in [4.78, 5) is 20.9. The molecule has 0 aromatic carbocycles. The van der Waals surface area contributed by atoms with Crippen LogP contribution in [0.15, 0.2) is 4.99 Å². The molecule has 1 N–H and O–H groups in total. The number of nitrogens with zero attached hydrogens (tertiary/aromatic N) is 3. The van der Waals surface area contributed by atoms with E-state index < -0.39 is 0 Å². The highest BCUT2D eigenvalue weighted by molar-refractivity contribution is 14.0. The number of hydrogen-bond acceptors (Lipinski definition) is 3. The van der Waals surface area contributed by atoms with E-state index >= 15 is 0 Å². The SMILES string of the molecule is CN=C(NCC1CCOC1)N1CC(=O)N(C(C)C)C(C)(C)C1.I. The highest BCUT2D eigenvalue weighted by atomic mass is 127. The zero-order valence-electron chi connectivity index (χ0n) is 15.0. The number of guanidine groups is 1. The van der Waals surface area contributed by atoms with E-state index in [2.05, 4.69) is 42.9 Å². The predicted octanol–water partition coefficient (Wildman–Crippen LogP) is 1.55. The summed E-state index contributed by atoms with van der Waals surface area (Å²) < 4.78 is 5.40. The molecule has 0 bridgehead atoms. The van der Waals surface area contributed by atoms with Crippen molar-refractivity contribution in [1.29, 1.82) is 0 Å². The molecule has 2 rings (SSSR count). The summed E-state index contributed by atoms with van der Waals surface area (Å²) in [6.07, 6.45) is 1.09. The number of carbonyl (C=O) groups excluding carboxylic acids is 1. The summed E-state index contributed by atoms with van der Waals surface area (Å²) in [6.45, 7) is 12.1. The smallest absolute Gasteiger partial charge is 0.242 e. The number of rotatable bonds is 3. The summed E-state index contributed by atoms with van der Waals surface area (Å²) >= 11 is 0. The van der Waals surface area contributed by atoms with Gasteiger partial charge >= 0.3 is 0 Å². The molecule has 0 saturated carbocycles. The van der Waals surface area contributed by atoms with Crippen LogP contribution in [0.4, 0.5) is 0 Å². The van der Waals surface area contributed by atoms with Crippen LogP contribution in [0.5, 0.6) is 0 Å². The van der Waals surface area contributed by atoms with Crippen LogP contribution in [0.1, 0.15) is 34.1 Å². The molecule has 0 aromatic rings. The molecule has 0 aromatic heterocycles. The molecule has 134 valence electrons. The molecular formula is C16H31IN4O2. The highest BCUT2D eigenvalue weighted by Gasteiger charge is 2.40. The third-order valence-corrected chi connectivity index (χ3v) is 4.43. The lowest BCUT2D eigenvalue weighted by Gasteiger charge is -2.49. The minimum atomic E-state index is -0.197. The highest BCUT2D eigenvalue weighted by Crippen LogP contribution is 2.24. The number of halogens is 1. The second kappa shape index (κ2) is 8.50. The zero-order chi connectivity index (χ0) is 16.3. The van der Waals surface area contributed by atoms with Crippen molar-refractivity contribution in [1.82, 2.24) is 15.1 Å². The van der Waals surface area contributed by atoms with Gasteiger partial charge in [0.1, 0.15) is 0 Å². The maximum absolute atomic E-state index is 12.5. The van der Waals surface area contributed by atoms with E-state index in [1.165, 1.54) is 0 Å². The van der Waals surface area contributed by atoms with Gasteiger partial charge in [-0.05, 0) is 34.1 Å². The molecule has 0 aliphatic carbocycles. The number of ether oxygens (including phenoxy) is 1. The first-order chi connectivity index (χ1) is 10.3. The lowest BCUT2D eigenvalue weighted by molar-refractivity contribution is -0.145. The number of aliphatic imine (C=N–C) groups is 1. The Bertz CT molecular complexity index is 434. The molecule has 0 radical (unpaired) electrons. The molecule has 1 unspecified atom stereocenters. The Hall–Kier alpha value is -0.570. The van der Waals surface area contributed by atoms with E-state index in [1.54, 1.807) is 7.05 Å². The van der Waals surface area contributed by atoms with Crippen LogP contribution in [0.25, 0.3) is 0 Å². The van der Waals surface area contributed by atoms with Crippen LogP contribution in [0, 0.1) is 5.92 Å². The molecule has 6 nitrogen and oxygen atoms in total. The Morgan fingerprint density at radius 2 is 2.17 bits per heavy atom. The molecular weight excluding hydrogens is 407 g/mol. The van der Waals surface area contributed by atoms with Crippen molar-refractivity contribution < 1.29 is 9.53 Å². The van der Waals surface area contributed by atoms with E-state index in [0.29, 0.717) is 12.5 Å². The largest absolute Gasteiger partial charge is 0.381 e. The van der Waals surface area contributed by atoms with Crippen LogP contribution < -0.4 is 5.32 Å². The van der Waals surface area contributed by atoms with Crippen molar-refractivity contribution in [3.05, 3.63) is 0 Å². The average Bonchev–Trinajstić information content (AvgIpc) is 2.90. The van der Waals surface area contributed by atoms with Gasteiger partial charge < -0.3 is 19.9 Å². The molecule has 1 atom stereocenters. The number of amides is 1. The van der Waals surface area contributed by atoms with Gasteiger partial charge in [-0.25, -0.2) is 0 Å². The second-order valence-electron chi connectivity index (χ2n) is 7.18. The zero-order valence-corrected chi connectivity index (χ0v) is 17.3. The molecule has 2 aliphatic heterocycles.